The number of nitrogens with one attached hydrogen (secondary N) is 2. The minimum absolute atomic E-state index is 0.0973. The number of hydrogen-bond donors (Lipinski definition) is 2. The fourth-order valence-electron chi connectivity index (χ4n) is 4.82. The van der Waals surface area contributed by atoms with E-state index < -0.39 is 0 Å². The number of H-pyrrole nitrogens is 1. The van der Waals surface area contributed by atoms with Crippen LogP contribution in [0.5, 0.6) is 0 Å². The van der Waals surface area contributed by atoms with Gasteiger partial charge in [0.05, 0.1) is 0 Å². The molecule has 2 aromatic heterocycles. The molecular weight excluding hydrogens is 388 g/mol. The third-order valence-corrected chi connectivity index (χ3v) is 6.44. The number of benzene rings is 2. The molecule has 6 heteroatoms. The number of para-hydroxylation sites is 1. The number of oxazole rings is 1. The van der Waals surface area contributed by atoms with Crippen LogP contribution in [0.1, 0.15) is 48.7 Å². The molecule has 1 amide bonds. The molecule has 0 radical (unpaired) electrons. The lowest BCUT2D eigenvalue weighted by atomic mass is 9.89. The van der Waals surface area contributed by atoms with Crippen molar-refractivity contribution in [3.63, 3.8) is 0 Å². The molecule has 0 aliphatic heterocycles. The standard InChI is InChI=1S/C25H28N4O2/c1-2-29(25(30)23-13-18-6-3-4-9-21(18)28-23)20-8-5-7-19(14-20)26-15-17-10-11-22-24(12-17)31-16-27-22/h3-4,6,9-13,16,19-20,26,28H,2,5,7-8,14-15H2,1H3/t19?,20-/m0/s1. The first kappa shape index (κ1) is 19.8. The lowest BCUT2D eigenvalue weighted by Gasteiger charge is -2.37. The van der Waals surface area contributed by atoms with E-state index in [1.54, 1.807) is 0 Å². The van der Waals surface area contributed by atoms with E-state index in [0.717, 1.165) is 54.2 Å². The molecule has 4 aromatic rings. The zero-order valence-corrected chi connectivity index (χ0v) is 17.8. The first-order valence-corrected chi connectivity index (χ1v) is 11.2. The highest BCUT2D eigenvalue weighted by Gasteiger charge is 2.29. The van der Waals surface area contributed by atoms with Gasteiger partial charge >= 0.3 is 0 Å². The second-order valence-corrected chi connectivity index (χ2v) is 8.41. The first-order valence-electron chi connectivity index (χ1n) is 11.2. The molecule has 1 aliphatic carbocycles. The van der Waals surface area contributed by atoms with Gasteiger partial charge in [0.2, 0.25) is 0 Å². The maximum atomic E-state index is 13.3. The molecule has 6 nitrogen and oxygen atoms in total. The van der Waals surface area contributed by atoms with Crippen molar-refractivity contribution < 1.29 is 9.21 Å². The van der Waals surface area contributed by atoms with E-state index in [4.69, 9.17) is 4.42 Å². The number of rotatable bonds is 6. The van der Waals surface area contributed by atoms with Crippen molar-refractivity contribution in [1.29, 1.82) is 0 Å². The Hall–Kier alpha value is -3.12. The molecule has 2 aromatic carbocycles. The molecule has 2 atom stereocenters. The summed E-state index contributed by atoms with van der Waals surface area (Å²) >= 11 is 0. The van der Waals surface area contributed by atoms with E-state index in [1.165, 1.54) is 12.0 Å². The van der Waals surface area contributed by atoms with Crippen LogP contribution < -0.4 is 5.32 Å². The summed E-state index contributed by atoms with van der Waals surface area (Å²) in [5.74, 6) is 0.0973. The average molecular weight is 417 g/mol. The summed E-state index contributed by atoms with van der Waals surface area (Å²) in [5, 5.41) is 4.77. The predicted molar refractivity (Wildman–Crippen MR) is 122 cm³/mol. The summed E-state index contributed by atoms with van der Waals surface area (Å²) in [6.45, 7) is 3.58. The van der Waals surface area contributed by atoms with E-state index in [0.29, 0.717) is 18.3 Å². The Kier molecular flexibility index (Phi) is 5.47. The summed E-state index contributed by atoms with van der Waals surface area (Å²) in [6, 6.07) is 16.8. The van der Waals surface area contributed by atoms with Gasteiger partial charge in [-0.15, -0.1) is 0 Å². The highest BCUT2D eigenvalue weighted by molar-refractivity contribution is 5.98. The fraction of sp³-hybridized carbons (Fsp3) is 0.360. The summed E-state index contributed by atoms with van der Waals surface area (Å²) in [7, 11) is 0. The van der Waals surface area contributed by atoms with Gasteiger partial charge in [-0.3, -0.25) is 4.79 Å². The minimum atomic E-state index is 0.0973. The molecule has 1 saturated carbocycles. The molecule has 1 fully saturated rings. The molecular formula is C25H28N4O2. The van der Waals surface area contributed by atoms with Crippen LogP contribution in [0.25, 0.3) is 22.0 Å². The van der Waals surface area contributed by atoms with Crippen molar-refractivity contribution in [2.75, 3.05) is 6.54 Å². The van der Waals surface area contributed by atoms with Crippen LogP contribution in [-0.4, -0.2) is 39.4 Å². The Morgan fingerprint density at radius 1 is 1.23 bits per heavy atom. The van der Waals surface area contributed by atoms with Crippen molar-refractivity contribution in [3.8, 4) is 0 Å². The van der Waals surface area contributed by atoms with Crippen LogP contribution in [0.2, 0.25) is 0 Å². The summed E-state index contributed by atoms with van der Waals surface area (Å²) in [5.41, 5.74) is 4.58. The van der Waals surface area contributed by atoms with Crippen molar-refractivity contribution in [2.24, 2.45) is 0 Å². The molecule has 1 aliphatic rings. The molecule has 2 heterocycles. The summed E-state index contributed by atoms with van der Waals surface area (Å²) < 4.78 is 5.42. The van der Waals surface area contributed by atoms with Crippen LogP contribution >= 0.6 is 0 Å². The Balaban J connectivity index is 1.25. The number of aromatic amines is 1. The highest BCUT2D eigenvalue weighted by atomic mass is 16.3. The van der Waals surface area contributed by atoms with Crippen LogP contribution in [0.15, 0.2) is 59.3 Å². The topological polar surface area (TPSA) is 74.2 Å². The summed E-state index contributed by atoms with van der Waals surface area (Å²) in [6.07, 6.45) is 5.78. The van der Waals surface area contributed by atoms with Crippen molar-refractivity contribution in [2.45, 2.75) is 51.2 Å². The molecule has 5 rings (SSSR count). The Labute approximate surface area is 181 Å². The van der Waals surface area contributed by atoms with Crippen LogP contribution in [0.3, 0.4) is 0 Å². The molecule has 1 unspecified atom stereocenters. The first-order chi connectivity index (χ1) is 15.2. The summed E-state index contributed by atoms with van der Waals surface area (Å²) in [4.78, 5) is 22.8. The molecule has 31 heavy (non-hydrogen) atoms. The normalized spacial score (nSPS) is 19.1. The van der Waals surface area contributed by atoms with Gasteiger partial charge in [-0.1, -0.05) is 24.3 Å². The number of fused-ring (bicyclic) bond motifs is 2. The minimum Gasteiger partial charge on any atom is -0.443 e. The van der Waals surface area contributed by atoms with E-state index in [-0.39, 0.29) is 11.9 Å². The molecule has 0 bridgehead atoms. The van der Waals surface area contributed by atoms with Gasteiger partial charge < -0.3 is 19.6 Å². The van der Waals surface area contributed by atoms with Gasteiger partial charge in [-0.05, 0) is 62.4 Å². The zero-order chi connectivity index (χ0) is 21.2. The second kappa shape index (κ2) is 8.55. The SMILES string of the molecule is CCN(C(=O)c1cc2ccccc2[nH]1)[C@H]1CCCC(NCc2ccc3ncoc3c2)C1. The largest absolute Gasteiger partial charge is 0.443 e. The maximum absolute atomic E-state index is 13.3. The molecule has 0 saturated heterocycles. The Morgan fingerprint density at radius 3 is 3.00 bits per heavy atom. The predicted octanol–water partition coefficient (Wildman–Crippen LogP) is 4.87. The van der Waals surface area contributed by atoms with Gasteiger partial charge in [-0.2, -0.15) is 0 Å². The third kappa shape index (κ3) is 4.08. The molecule has 0 spiro atoms. The quantitative estimate of drug-likeness (QED) is 0.470. The van der Waals surface area contributed by atoms with E-state index in [1.807, 2.05) is 47.4 Å². The smallest absolute Gasteiger partial charge is 0.270 e. The number of nitrogens with zero attached hydrogens (tertiary/aromatic N) is 2. The van der Waals surface area contributed by atoms with Crippen molar-refractivity contribution in [1.82, 2.24) is 20.2 Å². The Morgan fingerprint density at radius 2 is 2.13 bits per heavy atom. The van der Waals surface area contributed by atoms with Crippen LogP contribution in [0.4, 0.5) is 0 Å². The lowest BCUT2D eigenvalue weighted by molar-refractivity contribution is 0.0623. The van der Waals surface area contributed by atoms with Gasteiger partial charge in [0.1, 0.15) is 11.2 Å². The monoisotopic (exact) mass is 416 g/mol. The number of carbonyl (C=O) groups is 1. The fourth-order valence-corrected chi connectivity index (χ4v) is 4.82. The number of hydrogen-bond acceptors (Lipinski definition) is 4. The maximum Gasteiger partial charge on any atom is 0.270 e. The highest BCUT2D eigenvalue weighted by Crippen LogP contribution is 2.26. The number of amides is 1. The van der Waals surface area contributed by atoms with E-state index in [2.05, 4.69) is 28.3 Å². The van der Waals surface area contributed by atoms with Gasteiger partial charge in [-0.25, -0.2) is 4.98 Å². The zero-order valence-electron chi connectivity index (χ0n) is 17.8. The van der Waals surface area contributed by atoms with Crippen molar-refractivity contribution >= 4 is 27.9 Å². The molecule has 160 valence electrons. The van der Waals surface area contributed by atoms with E-state index in [9.17, 15) is 4.79 Å². The Bertz CT molecular complexity index is 1160. The van der Waals surface area contributed by atoms with Gasteiger partial charge in [0.25, 0.3) is 5.91 Å². The third-order valence-electron chi connectivity index (χ3n) is 6.44. The van der Waals surface area contributed by atoms with Gasteiger partial charge in [0.15, 0.2) is 12.0 Å². The molecule has 2 N–H and O–H groups in total. The number of carbonyl (C=O) groups excluding carboxylic acids is 1. The van der Waals surface area contributed by atoms with Crippen LogP contribution in [0, 0.1) is 0 Å². The second-order valence-electron chi connectivity index (χ2n) is 8.41. The number of aromatic nitrogens is 2. The van der Waals surface area contributed by atoms with Crippen LogP contribution in [-0.2, 0) is 6.54 Å². The van der Waals surface area contributed by atoms with Gasteiger partial charge in [0, 0.05) is 36.1 Å². The van der Waals surface area contributed by atoms with Crippen molar-refractivity contribution in [3.05, 3.63) is 66.2 Å². The lowest BCUT2D eigenvalue weighted by Crippen LogP contribution is -2.46. The van der Waals surface area contributed by atoms with E-state index >= 15 is 0 Å². The average Bonchev–Trinajstić information content (AvgIpc) is 3.45.